The van der Waals surface area contributed by atoms with Crippen LogP contribution in [0, 0.1) is 0 Å². The van der Waals surface area contributed by atoms with Crippen LogP contribution in [0.25, 0.3) is 11.4 Å². The molecule has 5 nitrogen and oxygen atoms in total. The van der Waals surface area contributed by atoms with Gasteiger partial charge >= 0.3 is 0 Å². The summed E-state index contributed by atoms with van der Waals surface area (Å²) >= 11 is 9.38. The molecule has 0 saturated heterocycles. The first-order chi connectivity index (χ1) is 7.65. The zero-order valence-electron chi connectivity index (χ0n) is 8.78. The van der Waals surface area contributed by atoms with E-state index in [1.54, 1.807) is 4.68 Å². The molecule has 2 aromatic heterocycles. The van der Waals surface area contributed by atoms with Crippen LogP contribution in [0.4, 0.5) is 0 Å². The summed E-state index contributed by atoms with van der Waals surface area (Å²) in [6.07, 6.45) is 2.20. The van der Waals surface area contributed by atoms with Crippen LogP contribution in [0.2, 0.25) is 5.15 Å². The fourth-order valence-electron chi connectivity index (χ4n) is 1.49. The molecule has 0 N–H and O–H groups in total. The van der Waals surface area contributed by atoms with Gasteiger partial charge in [-0.2, -0.15) is 0 Å². The maximum atomic E-state index is 6.03. The Kier molecular flexibility index (Phi) is 3.20. The molecule has 2 heterocycles. The first kappa shape index (κ1) is 11.5. The Bertz CT molecular complexity index is 505. The van der Waals surface area contributed by atoms with Crippen molar-refractivity contribution >= 4 is 27.5 Å². The summed E-state index contributed by atoms with van der Waals surface area (Å²) in [4.78, 5) is 8.22. The predicted octanol–water partition coefficient (Wildman–Crippen LogP) is 2.25. The number of halogens is 2. The van der Waals surface area contributed by atoms with Crippen molar-refractivity contribution in [1.82, 2.24) is 25.0 Å². The second-order valence-corrected chi connectivity index (χ2v) is 4.31. The topological polar surface area (TPSA) is 56.5 Å². The molecule has 0 fully saturated rings. The Morgan fingerprint density at radius 2 is 2.19 bits per heavy atom. The van der Waals surface area contributed by atoms with Gasteiger partial charge in [-0.3, -0.25) is 0 Å². The molecule has 0 unspecified atom stereocenters. The van der Waals surface area contributed by atoms with Crippen LogP contribution in [0.1, 0.15) is 12.5 Å². The van der Waals surface area contributed by atoms with Gasteiger partial charge in [0.15, 0.2) is 4.60 Å². The summed E-state index contributed by atoms with van der Waals surface area (Å²) < 4.78 is 2.31. The molecule has 0 spiro atoms. The van der Waals surface area contributed by atoms with E-state index in [9.17, 15) is 0 Å². The SMILES string of the molecule is CCc1c(Cl)ncnc1-c1c(Br)nnn1C. The van der Waals surface area contributed by atoms with Gasteiger partial charge in [0.1, 0.15) is 17.2 Å². The van der Waals surface area contributed by atoms with Crippen molar-refractivity contribution in [3.05, 3.63) is 21.6 Å². The standard InChI is InChI=1S/C9H9BrClN5/c1-3-5-6(12-4-13-9(5)11)7-8(10)14-15-16(7)2/h4H,3H2,1-2H3. The van der Waals surface area contributed by atoms with E-state index in [4.69, 9.17) is 11.6 Å². The molecule has 0 aliphatic heterocycles. The van der Waals surface area contributed by atoms with E-state index in [2.05, 4.69) is 36.2 Å². The lowest BCUT2D eigenvalue weighted by Crippen LogP contribution is -2.01. The predicted molar refractivity (Wildman–Crippen MR) is 64.1 cm³/mol. The fourth-order valence-corrected chi connectivity index (χ4v) is 2.27. The zero-order valence-corrected chi connectivity index (χ0v) is 11.1. The van der Waals surface area contributed by atoms with E-state index in [0.717, 1.165) is 23.4 Å². The Morgan fingerprint density at radius 3 is 2.75 bits per heavy atom. The van der Waals surface area contributed by atoms with Crippen LogP contribution < -0.4 is 0 Å². The Hall–Kier alpha value is -1.01. The minimum absolute atomic E-state index is 0.473. The van der Waals surface area contributed by atoms with E-state index in [1.165, 1.54) is 6.33 Å². The van der Waals surface area contributed by atoms with Crippen LogP contribution in [-0.4, -0.2) is 25.0 Å². The van der Waals surface area contributed by atoms with Crippen molar-refractivity contribution in [3.63, 3.8) is 0 Å². The Morgan fingerprint density at radius 1 is 1.44 bits per heavy atom. The summed E-state index contributed by atoms with van der Waals surface area (Å²) in [7, 11) is 1.81. The van der Waals surface area contributed by atoms with Crippen molar-refractivity contribution in [2.75, 3.05) is 0 Å². The highest BCUT2D eigenvalue weighted by atomic mass is 79.9. The lowest BCUT2D eigenvalue weighted by atomic mass is 10.1. The highest BCUT2D eigenvalue weighted by molar-refractivity contribution is 9.10. The van der Waals surface area contributed by atoms with Gasteiger partial charge in [0.25, 0.3) is 0 Å². The van der Waals surface area contributed by atoms with E-state index < -0.39 is 0 Å². The third kappa shape index (κ3) is 1.82. The molecular weight excluding hydrogens is 293 g/mol. The molecule has 0 aromatic carbocycles. The van der Waals surface area contributed by atoms with Crippen molar-refractivity contribution in [3.8, 4) is 11.4 Å². The molecule has 0 atom stereocenters. The number of nitrogens with zero attached hydrogens (tertiary/aromatic N) is 5. The number of aryl methyl sites for hydroxylation is 1. The van der Waals surface area contributed by atoms with E-state index in [1.807, 2.05) is 14.0 Å². The molecule has 2 rings (SSSR count). The number of rotatable bonds is 2. The molecular formula is C9H9BrClN5. The quantitative estimate of drug-likeness (QED) is 0.798. The largest absolute Gasteiger partial charge is 0.245 e. The van der Waals surface area contributed by atoms with Gasteiger partial charge < -0.3 is 0 Å². The second kappa shape index (κ2) is 4.47. The van der Waals surface area contributed by atoms with Gasteiger partial charge in [0.2, 0.25) is 0 Å². The smallest absolute Gasteiger partial charge is 0.157 e. The summed E-state index contributed by atoms with van der Waals surface area (Å²) in [6, 6.07) is 0. The third-order valence-corrected chi connectivity index (χ3v) is 3.12. The summed E-state index contributed by atoms with van der Waals surface area (Å²) in [5, 5.41) is 8.31. The van der Waals surface area contributed by atoms with E-state index in [-0.39, 0.29) is 0 Å². The molecule has 0 radical (unpaired) electrons. The lowest BCUT2D eigenvalue weighted by molar-refractivity contribution is 0.717. The zero-order chi connectivity index (χ0) is 11.7. The van der Waals surface area contributed by atoms with E-state index in [0.29, 0.717) is 9.76 Å². The third-order valence-electron chi connectivity index (χ3n) is 2.26. The number of hydrogen-bond acceptors (Lipinski definition) is 4. The lowest BCUT2D eigenvalue weighted by Gasteiger charge is -2.07. The average Bonchev–Trinajstić information content (AvgIpc) is 2.58. The van der Waals surface area contributed by atoms with Crippen molar-refractivity contribution < 1.29 is 0 Å². The van der Waals surface area contributed by atoms with Gasteiger partial charge in [-0.25, -0.2) is 14.6 Å². The van der Waals surface area contributed by atoms with Gasteiger partial charge in [0, 0.05) is 12.6 Å². The monoisotopic (exact) mass is 301 g/mol. The molecule has 84 valence electrons. The first-order valence-corrected chi connectivity index (χ1v) is 5.87. The Labute approximate surface area is 106 Å². The fraction of sp³-hybridized carbons (Fsp3) is 0.333. The summed E-state index contributed by atoms with van der Waals surface area (Å²) in [5.74, 6) is 0. The molecule has 0 amide bonds. The van der Waals surface area contributed by atoms with Gasteiger partial charge in [-0.1, -0.05) is 23.7 Å². The normalized spacial score (nSPS) is 10.8. The number of aromatic nitrogens is 5. The molecule has 7 heteroatoms. The van der Waals surface area contributed by atoms with Gasteiger partial charge in [0.05, 0.1) is 5.69 Å². The molecule has 2 aromatic rings. The molecule has 0 bridgehead atoms. The van der Waals surface area contributed by atoms with Gasteiger partial charge in [-0.05, 0) is 22.4 Å². The first-order valence-electron chi connectivity index (χ1n) is 4.70. The molecule has 0 saturated carbocycles. The van der Waals surface area contributed by atoms with Crippen LogP contribution >= 0.6 is 27.5 Å². The average molecular weight is 303 g/mol. The van der Waals surface area contributed by atoms with Crippen molar-refractivity contribution in [1.29, 1.82) is 0 Å². The molecule has 0 aliphatic rings. The molecule has 16 heavy (non-hydrogen) atoms. The van der Waals surface area contributed by atoms with Crippen LogP contribution in [0.15, 0.2) is 10.9 Å². The number of hydrogen-bond donors (Lipinski definition) is 0. The highest BCUT2D eigenvalue weighted by Gasteiger charge is 2.17. The minimum atomic E-state index is 0.473. The molecule has 0 aliphatic carbocycles. The van der Waals surface area contributed by atoms with Crippen LogP contribution in [0.3, 0.4) is 0 Å². The second-order valence-electron chi connectivity index (χ2n) is 3.20. The maximum absolute atomic E-state index is 6.03. The van der Waals surface area contributed by atoms with Crippen molar-refractivity contribution in [2.24, 2.45) is 7.05 Å². The maximum Gasteiger partial charge on any atom is 0.157 e. The van der Waals surface area contributed by atoms with Crippen LogP contribution in [0.5, 0.6) is 0 Å². The minimum Gasteiger partial charge on any atom is -0.245 e. The summed E-state index contributed by atoms with van der Waals surface area (Å²) in [5.41, 5.74) is 2.47. The summed E-state index contributed by atoms with van der Waals surface area (Å²) in [6.45, 7) is 2.01. The highest BCUT2D eigenvalue weighted by Crippen LogP contribution is 2.29. The Balaban J connectivity index is 2.69. The van der Waals surface area contributed by atoms with Crippen LogP contribution in [-0.2, 0) is 13.5 Å². The van der Waals surface area contributed by atoms with Gasteiger partial charge in [-0.15, -0.1) is 5.10 Å². The van der Waals surface area contributed by atoms with Crippen molar-refractivity contribution in [2.45, 2.75) is 13.3 Å². The van der Waals surface area contributed by atoms with E-state index >= 15 is 0 Å².